The molecule has 0 saturated carbocycles. The summed E-state index contributed by atoms with van der Waals surface area (Å²) in [6.07, 6.45) is 2.75. The molecule has 18 heavy (non-hydrogen) atoms. The summed E-state index contributed by atoms with van der Waals surface area (Å²) in [6, 6.07) is 6.17. The molecule has 5 heteroatoms. The largest absolute Gasteiger partial charge is 0.478 e. The van der Waals surface area contributed by atoms with Gasteiger partial charge in [-0.05, 0) is 36.8 Å². The Morgan fingerprint density at radius 1 is 1.28 bits per heavy atom. The van der Waals surface area contributed by atoms with Gasteiger partial charge in [0.25, 0.3) is 5.91 Å². The lowest BCUT2D eigenvalue weighted by atomic mass is 10.1. The Kier molecular flexibility index (Phi) is 3.14. The van der Waals surface area contributed by atoms with Crippen LogP contribution in [0.4, 0.5) is 5.69 Å². The quantitative estimate of drug-likeness (QED) is 0.870. The topological polar surface area (TPSA) is 79.5 Å². The van der Waals surface area contributed by atoms with Crippen molar-refractivity contribution < 1.29 is 19.1 Å². The Morgan fingerprint density at radius 3 is 2.61 bits per heavy atom. The monoisotopic (exact) mass is 245 g/mol. The lowest BCUT2D eigenvalue weighted by Gasteiger charge is -2.06. The molecular weight excluding hydrogens is 234 g/mol. The van der Waals surface area contributed by atoms with E-state index in [1.165, 1.54) is 18.6 Å². The minimum atomic E-state index is -0.986. The second-order valence-corrected chi connectivity index (χ2v) is 3.80. The van der Waals surface area contributed by atoms with Crippen LogP contribution in [0.5, 0.6) is 0 Å². The molecule has 1 heterocycles. The summed E-state index contributed by atoms with van der Waals surface area (Å²) in [4.78, 5) is 22.6. The number of carboxylic acid groups (broad SMARTS) is 1. The highest BCUT2D eigenvalue weighted by molar-refractivity contribution is 6.04. The number of furan rings is 1. The highest BCUT2D eigenvalue weighted by Crippen LogP contribution is 2.16. The molecule has 0 aliphatic rings. The van der Waals surface area contributed by atoms with Gasteiger partial charge in [0.2, 0.25) is 0 Å². The predicted octanol–water partition coefficient (Wildman–Crippen LogP) is 2.54. The lowest BCUT2D eigenvalue weighted by molar-refractivity contribution is 0.0696. The summed E-state index contributed by atoms with van der Waals surface area (Å²) >= 11 is 0. The summed E-state index contributed by atoms with van der Waals surface area (Å²) in [5, 5.41) is 11.5. The second-order valence-electron chi connectivity index (χ2n) is 3.80. The molecule has 5 nitrogen and oxygen atoms in total. The van der Waals surface area contributed by atoms with Crippen molar-refractivity contribution in [3.05, 3.63) is 53.5 Å². The Balaban J connectivity index is 2.18. The maximum Gasteiger partial charge on any atom is 0.335 e. The van der Waals surface area contributed by atoms with Gasteiger partial charge >= 0.3 is 5.97 Å². The first kappa shape index (κ1) is 11.9. The van der Waals surface area contributed by atoms with Crippen molar-refractivity contribution in [2.45, 2.75) is 6.92 Å². The Hall–Kier alpha value is -2.56. The van der Waals surface area contributed by atoms with E-state index in [-0.39, 0.29) is 11.5 Å². The second kappa shape index (κ2) is 4.75. The van der Waals surface area contributed by atoms with Gasteiger partial charge in [-0.1, -0.05) is 0 Å². The number of carboxylic acids is 1. The van der Waals surface area contributed by atoms with Crippen molar-refractivity contribution in [1.82, 2.24) is 0 Å². The highest BCUT2D eigenvalue weighted by Gasteiger charge is 2.10. The van der Waals surface area contributed by atoms with Gasteiger partial charge in [-0.3, -0.25) is 4.79 Å². The van der Waals surface area contributed by atoms with E-state index in [0.717, 1.165) is 0 Å². The van der Waals surface area contributed by atoms with Gasteiger partial charge in [-0.25, -0.2) is 4.79 Å². The third-order valence-electron chi connectivity index (χ3n) is 2.50. The number of anilines is 1. The number of carbonyl (C=O) groups excluding carboxylic acids is 1. The molecule has 1 amide bonds. The fraction of sp³-hybridized carbons (Fsp3) is 0.0769. The van der Waals surface area contributed by atoms with Crippen LogP contribution in [0.3, 0.4) is 0 Å². The molecule has 0 aliphatic carbocycles. The minimum absolute atomic E-state index is 0.219. The van der Waals surface area contributed by atoms with E-state index < -0.39 is 5.97 Å². The molecule has 0 aliphatic heterocycles. The van der Waals surface area contributed by atoms with E-state index in [9.17, 15) is 9.59 Å². The molecular formula is C13H11NO4. The Labute approximate surface area is 103 Å². The Bertz CT molecular complexity index is 587. The first-order valence-electron chi connectivity index (χ1n) is 5.25. The summed E-state index contributed by atoms with van der Waals surface area (Å²) < 4.78 is 4.81. The number of hydrogen-bond acceptors (Lipinski definition) is 3. The van der Waals surface area contributed by atoms with Crippen LogP contribution >= 0.6 is 0 Å². The zero-order valence-corrected chi connectivity index (χ0v) is 9.64. The van der Waals surface area contributed by atoms with E-state index in [4.69, 9.17) is 9.52 Å². The van der Waals surface area contributed by atoms with Crippen LogP contribution in [0.2, 0.25) is 0 Å². The van der Waals surface area contributed by atoms with E-state index in [0.29, 0.717) is 16.8 Å². The van der Waals surface area contributed by atoms with Crippen LogP contribution in [0, 0.1) is 6.92 Å². The Morgan fingerprint density at radius 2 is 2.06 bits per heavy atom. The molecule has 2 N–H and O–H groups in total. The summed E-state index contributed by atoms with van der Waals surface area (Å²) in [5.74, 6) is -1.29. The number of hydrogen-bond donors (Lipinski definition) is 2. The summed E-state index contributed by atoms with van der Waals surface area (Å²) in [6.45, 7) is 1.68. The maximum absolute atomic E-state index is 11.7. The highest BCUT2D eigenvalue weighted by atomic mass is 16.4. The van der Waals surface area contributed by atoms with Gasteiger partial charge in [-0.15, -0.1) is 0 Å². The molecule has 2 rings (SSSR count). The van der Waals surface area contributed by atoms with Crippen molar-refractivity contribution in [2.75, 3.05) is 5.32 Å². The molecule has 1 aromatic heterocycles. The zero-order chi connectivity index (χ0) is 13.1. The van der Waals surface area contributed by atoms with Gasteiger partial charge < -0.3 is 14.8 Å². The van der Waals surface area contributed by atoms with Crippen LogP contribution in [0.25, 0.3) is 0 Å². The molecule has 92 valence electrons. The number of aryl methyl sites for hydroxylation is 1. The van der Waals surface area contributed by atoms with Gasteiger partial charge in [0.1, 0.15) is 6.26 Å². The van der Waals surface area contributed by atoms with Crippen molar-refractivity contribution >= 4 is 17.6 Å². The number of aromatic carboxylic acids is 1. The van der Waals surface area contributed by atoms with Crippen molar-refractivity contribution in [3.8, 4) is 0 Å². The smallest absolute Gasteiger partial charge is 0.335 e. The third kappa shape index (κ3) is 2.40. The van der Waals surface area contributed by atoms with E-state index in [1.54, 1.807) is 25.1 Å². The number of rotatable bonds is 3. The van der Waals surface area contributed by atoms with Crippen LogP contribution in [-0.2, 0) is 0 Å². The standard InChI is InChI=1S/C13H11NO4/c1-8-6-10(2-3-11(8)13(16)17)14-12(15)9-4-5-18-7-9/h2-7H,1H3,(H,14,15)(H,16,17). The van der Waals surface area contributed by atoms with Crippen LogP contribution in [-0.4, -0.2) is 17.0 Å². The number of benzene rings is 1. The lowest BCUT2D eigenvalue weighted by Crippen LogP contribution is -2.11. The normalized spacial score (nSPS) is 10.1. The molecule has 0 bridgehead atoms. The summed E-state index contributed by atoms with van der Waals surface area (Å²) in [5.41, 5.74) is 1.77. The van der Waals surface area contributed by atoms with Crippen LogP contribution in [0.15, 0.2) is 41.2 Å². The molecule has 0 radical (unpaired) electrons. The van der Waals surface area contributed by atoms with E-state index >= 15 is 0 Å². The van der Waals surface area contributed by atoms with Gasteiger partial charge in [0.15, 0.2) is 0 Å². The first-order chi connectivity index (χ1) is 8.58. The van der Waals surface area contributed by atoms with Crippen LogP contribution < -0.4 is 5.32 Å². The maximum atomic E-state index is 11.7. The van der Waals surface area contributed by atoms with E-state index in [2.05, 4.69) is 5.32 Å². The average Bonchev–Trinajstić information content (AvgIpc) is 2.81. The van der Waals surface area contributed by atoms with Crippen LogP contribution in [0.1, 0.15) is 26.3 Å². The SMILES string of the molecule is Cc1cc(NC(=O)c2ccoc2)ccc1C(=O)O. The van der Waals surface area contributed by atoms with Crippen molar-refractivity contribution in [3.63, 3.8) is 0 Å². The fourth-order valence-corrected chi connectivity index (χ4v) is 1.58. The average molecular weight is 245 g/mol. The zero-order valence-electron chi connectivity index (χ0n) is 9.64. The number of nitrogens with one attached hydrogen (secondary N) is 1. The molecule has 0 saturated heterocycles. The molecule has 0 spiro atoms. The third-order valence-corrected chi connectivity index (χ3v) is 2.50. The molecule has 0 atom stereocenters. The van der Waals surface area contributed by atoms with Crippen molar-refractivity contribution in [2.24, 2.45) is 0 Å². The molecule has 2 aromatic rings. The molecule has 1 aromatic carbocycles. The minimum Gasteiger partial charge on any atom is -0.478 e. The first-order valence-corrected chi connectivity index (χ1v) is 5.25. The van der Waals surface area contributed by atoms with Gasteiger partial charge in [0, 0.05) is 5.69 Å². The summed E-state index contributed by atoms with van der Waals surface area (Å²) in [7, 11) is 0. The number of amides is 1. The van der Waals surface area contributed by atoms with Gasteiger partial charge in [-0.2, -0.15) is 0 Å². The van der Waals surface area contributed by atoms with E-state index in [1.807, 2.05) is 0 Å². The molecule has 0 fully saturated rings. The van der Waals surface area contributed by atoms with Gasteiger partial charge in [0.05, 0.1) is 17.4 Å². The molecule has 0 unspecified atom stereocenters. The predicted molar refractivity (Wildman–Crippen MR) is 64.8 cm³/mol. The number of carbonyl (C=O) groups is 2. The fourth-order valence-electron chi connectivity index (χ4n) is 1.58. The van der Waals surface area contributed by atoms with Crippen molar-refractivity contribution in [1.29, 1.82) is 0 Å².